The van der Waals surface area contributed by atoms with Crippen molar-refractivity contribution >= 4 is 11.0 Å². The summed E-state index contributed by atoms with van der Waals surface area (Å²) in [6.45, 7) is 0. The molecule has 0 bridgehead atoms. The van der Waals surface area contributed by atoms with Crippen LogP contribution in [-0.2, 0) is 5.41 Å². The number of para-hydroxylation sites is 2. The van der Waals surface area contributed by atoms with Crippen molar-refractivity contribution < 1.29 is 4.74 Å². The van der Waals surface area contributed by atoms with Crippen molar-refractivity contribution in [3.8, 4) is 33.9 Å². The van der Waals surface area contributed by atoms with Gasteiger partial charge >= 0.3 is 0 Å². The fraction of sp³-hybridized carbons (Fsp3) is 0.0256. The zero-order valence-electron chi connectivity index (χ0n) is 22.8. The third kappa shape index (κ3) is 3.75. The van der Waals surface area contributed by atoms with E-state index in [4.69, 9.17) is 14.7 Å². The minimum Gasteiger partial charge on any atom is -0.457 e. The quantitative estimate of drug-likeness (QED) is 0.224. The number of fused-ring (bicyclic) bond motifs is 3. The Bertz CT molecular complexity index is 2010. The zero-order chi connectivity index (χ0) is 27.9. The van der Waals surface area contributed by atoms with Gasteiger partial charge in [-0.25, -0.2) is 4.98 Å². The number of hydrogen-bond acceptors (Lipinski definition) is 3. The Morgan fingerprint density at radius 2 is 1.14 bits per heavy atom. The maximum Gasteiger partial charge on any atom is 0.132 e. The lowest BCUT2D eigenvalue weighted by molar-refractivity contribution is 0.434. The van der Waals surface area contributed by atoms with E-state index in [2.05, 4.69) is 115 Å². The van der Waals surface area contributed by atoms with Crippen molar-refractivity contribution in [3.05, 3.63) is 180 Å². The van der Waals surface area contributed by atoms with Gasteiger partial charge in [0.15, 0.2) is 0 Å². The first-order valence-electron chi connectivity index (χ1n) is 14.2. The van der Waals surface area contributed by atoms with Crippen molar-refractivity contribution in [1.82, 2.24) is 9.97 Å². The molecule has 0 fully saturated rings. The molecule has 0 atom stereocenters. The number of aromatic nitrogens is 2. The third-order valence-electron chi connectivity index (χ3n) is 8.26. The predicted molar refractivity (Wildman–Crippen MR) is 169 cm³/mol. The normalized spacial score (nSPS) is 13.1. The van der Waals surface area contributed by atoms with E-state index in [1.54, 1.807) is 0 Å². The van der Waals surface area contributed by atoms with Crippen molar-refractivity contribution in [2.24, 2.45) is 0 Å². The summed E-state index contributed by atoms with van der Waals surface area (Å²) in [5.41, 5.74) is 9.81. The van der Waals surface area contributed by atoms with E-state index >= 15 is 0 Å². The Morgan fingerprint density at radius 1 is 0.500 bits per heavy atom. The summed E-state index contributed by atoms with van der Waals surface area (Å²) in [5.74, 6) is 1.67. The van der Waals surface area contributed by atoms with Crippen molar-refractivity contribution in [3.63, 3.8) is 0 Å². The molecule has 0 saturated carbocycles. The summed E-state index contributed by atoms with van der Waals surface area (Å²) >= 11 is 0. The Balaban J connectivity index is 1.32. The lowest BCUT2D eigenvalue weighted by atomic mass is 9.63. The van der Waals surface area contributed by atoms with E-state index in [-0.39, 0.29) is 0 Å². The molecule has 7 aromatic rings. The average molecular weight is 539 g/mol. The van der Waals surface area contributed by atoms with Gasteiger partial charge in [-0.2, -0.15) is 0 Å². The molecule has 0 saturated heterocycles. The van der Waals surface area contributed by atoms with Crippen LogP contribution < -0.4 is 4.74 Å². The Morgan fingerprint density at radius 3 is 1.88 bits per heavy atom. The highest BCUT2D eigenvalue weighted by molar-refractivity contribution is 5.92. The SMILES string of the molecule is c1ccc(-c2cccc3nc(-c4ccc5c(c4)Oc4ccccc4C5(c4ccccc4)c4ccccc4)cnc23)cc1. The smallest absolute Gasteiger partial charge is 0.132 e. The van der Waals surface area contributed by atoms with Crippen LogP contribution in [0.3, 0.4) is 0 Å². The second kappa shape index (κ2) is 9.83. The first-order valence-corrected chi connectivity index (χ1v) is 14.2. The lowest BCUT2D eigenvalue weighted by Crippen LogP contribution is -2.34. The van der Waals surface area contributed by atoms with Crippen LogP contribution >= 0.6 is 0 Å². The largest absolute Gasteiger partial charge is 0.457 e. The van der Waals surface area contributed by atoms with Crippen LogP contribution in [0.1, 0.15) is 22.3 Å². The Labute approximate surface area is 244 Å². The number of nitrogens with zero attached hydrogens (tertiary/aromatic N) is 2. The van der Waals surface area contributed by atoms with Crippen LogP contribution in [-0.4, -0.2) is 9.97 Å². The Kier molecular flexibility index (Phi) is 5.68. The molecule has 0 spiro atoms. The molecule has 8 rings (SSSR count). The Hall–Kier alpha value is -5.54. The lowest BCUT2D eigenvalue weighted by Gasteiger charge is -2.41. The highest BCUT2D eigenvalue weighted by Gasteiger charge is 2.45. The highest BCUT2D eigenvalue weighted by atomic mass is 16.5. The van der Waals surface area contributed by atoms with E-state index in [1.807, 2.05) is 42.6 Å². The average Bonchev–Trinajstić information content (AvgIpc) is 3.07. The minimum atomic E-state index is -0.537. The van der Waals surface area contributed by atoms with Crippen molar-refractivity contribution in [2.45, 2.75) is 5.41 Å². The fourth-order valence-electron chi connectivity index (χ4n) is 6.40. The summed E-state index contributed by atoms with van der Waals surface area (Å²) < 4.78 is 6.65. The van der Waals surface area contributed by atoms with Crippen LogP contribution in [0, 0.1) is 0 Å². The number of rotatable bonds is 4. The van der Waals surface area contributed by atoms with E-state index in [0.717, 1.165) is 56.0 Å². The zero-order valence-corrected chi connectivity index (χ0v) is 22.8. The molecule has 198 valence electrons. The van der Waals surface area contributed by atoms with Crippen LogP contribution in [0.25, 0.3) is 33.4 Å². The molecule has 1 aliphatic rings. The van der Waals surface area contributed by atoms with Gasteiger partial charge in [0.1, 0.15) is 11.5 Å². The minimum absolute atomic E-state index is 0.537. The molecule has 6 aromatic carbocycles. The van der Waals surface area contributed by atoms with Gasteiger partial charge in [0, 0.05) is 22.3 Å². The van der Waals surface area contributed by atoms with Crippen LogP contribution in [0.4, 0.5) is 0 Å². The number of hydrogen-bond donors (Lipinski definition) is 0. The molecule has 1 aliphatic heterocycles. The summed E-state index contributed by atoms with van der Waals surface area (Å²) in [4.78, 5) is 9.96. The molecule has 3 nitrogen and oxygen atoms in total. The molecule has 1 aromatic heterocycles. The summed E-state index contributed by atoms with van der Waals surface area (Å²) in [5, 5.41) is 0. The van der Waals surface area contributed by atoms with E-state index < -0.39 is 5.41 Å². The maximum atomic E-state index is 6.65. The van der Waals surface area contributed by atoms with Gasteiger partial charge in [0.25, 0.3) is 0 Å². The van der Waals surface area contributed by atoms with Gasteiger partial charge < -0.3 is 4.74 Å². The molecule has 42 heavy (non-hydrogen) atoms. The monoisotopic (exact) mass is 538 g/mol. The van der Waals surface area contributed by atoms with Gasteiger partial charge in [-0.15, -0.1) is 0 Å². The summed E-state index contributed by atoms with van der Waals surface area (Å²) in [6.07, 6.45) is 1.87. The first kappa shape index (κ1) is 24.3. The van der Waals surface area contributed by atoms with E-state index in [9.17, 15) is 0 Å². The van der Waals surface area contributed by atoms with Crippen LogP contribution in [0.2, 0.25) is 0 Å². The predicted octanol–water partition coefficient (Wildman–Crippen LogP) is 9.45. The topological polar surface area (TPSA) is 35.0 Å². The molecule has 0 aliphatic carbocycles. The summed E-state index contributed by atoms with van der Waals surface area (Å²) in [6, 6.07) is 52.8. The molecule has 2 heterocycles. The first-order chi connectivity index (χ1) is 20.8. The van der Waals surface area contributed by atoms with E-state index in [1.165, 1.54) is 11.1 Å². The van der Waals surface area contributed by atoms with Crippen LogP contribution in [0.15, 0.2) is 158 Å². The molecule has 3 heteroatoms. The third-order valence-corrected chi connectivity index (χ3v) is 8.26. The maximum absolute atomic E-state index is 6.65. The van der Waals surface area contributed by atoms with Gasteiger partial charge in [-0.3, -0.25) is 4.98 Å². The highest BCUT2D eigenvalue weighted by Crippen LogP contribution is 2.55. The molecule has 0 unspecified atom stereocenters. The molecular weight excluding hydrogens is 512 g/mol. The summed E-state index contributed by atoms with van der Waals surface area (Å²) in [7, 11) is 0. The fourth-order valence-corrected chi connectivity index (χ4v) is 6.40. The standard InChI is InChI=1S/C39H26N2O/c1-4-13-27(14-5-1)31-19-12-21-34-38(31)40-26-35(41-34)28-23-24-33-37(25-28)42-36-22-11-10-20-32(36)39(33,29-15-6-2-7-16-29)30-17-8-3-9-18-30/h1-26H. The number of ether oxygens (including phenoxy) is 1. The van der Waals surface area contributed by atoms with Gasteiger partial charge in [0.2, 0.25) is 0 Å². The second-order valence-electron chi connectivity index (χ2n) is 10.6. The number of benzene rings is 6. The van der Waals surface area contributed by atoms with Crippen LogP contribution in [0.5, 0.6) is 11.5 Å². The molecular formula is C39H26N2O. The van der Waals surface area contributed by atoms with Crippen molar-refractivity contribution in [1.29, 1.82) is 0 Å². The van der Waals surface area contributed by atoms with Gasteiger partial charge in [0.05, 0.1) is 28.3 Å². The molecule has 0 radical (unpaired) electrons. The van der Waals surface area contributed by atoms with Gasteiger partial charge in [-0.1, -0.05) is 133 Å². The van der Waals surface area contributed by atoms with E-state index in [0.29, 0.717) is 0 Å². The second-order valence-corrected chi connectivity index (χ2v) is 10.6. The molecule has 0 amide bonds. The molecule has 0 N–H and O–H groups in total. The van der Waals surface area contributed by atoms with Gasteiger partial charge in [-0.05, 0) is 34.9 Å². The van der Waals surface area contributed by atoms with Crippen molar-refractivity contribution in [2.75, 3.05) is 0 Å².